The molecule has 3 aromatic rings. The molecule has 6 heteroatoms. The third kappa shape index (κ3) is 2.92. The second-order valence-electron chi connectivity index (χ2n) is 4.05. The fourth-order valence-corrected chi connectivity index (χ4v) is 3.28. The SMILES string of the molecule is O=C(NCc1ccncc1)c1csc(-c2cccs2)n1. The number of pyridine rings is 1. The summed E-state index contributed by atoms with van der Waals surface area (Å²) in [4.78, 5) is 21.4. The molecular formula is C14H11N3OS2. The lowest BCUT2D eigenvalue weighted by molar-refractivity contribution is 0.0946. The fraction of sp³-hybridized carbons (Fsp3) is 0.0714. The number of hydrogen-bond acceptors (Lipinski definition) is 5. The zero-order chi connectivity index (χ0) is 13.8. The van der Waals surface area contributed by atoms with Gasteiger partial charge in [-0.15, -0.1) is 22.7 Å². The second kappa shape index (κ2) is 5.94. The zero-order valence-corrected chi connectivity index (χ0v) is 12.1. The molecule has 0 radical (unpaired) electrons. The Balaban J connectivity index is 1.66. The van der Waals surface area contributed by atoms with Crippen molar-refractivity contribution in [3.63, 3.8) is 0 Å². The van der Waals surface area contributed by atoms with E-state index >= 15 is 0 Å². The second-order valence-corrected chi connectivity index (χ2v) is 5.86. The van der Waals surface area contributed by atoms with E-state index < -0.39 is 0 Å². The number of aromatic nitrogens is 2. The summed E-state index contributed by atoms with van der Waals surface area (Å²) in [6, 6.07) is 7.73. The lowest BCUT2D eigenvalue weighted by Gasteiger charge is -2.02. The molecule has 0 aliphatic rings. The summed E-state index contributed by atoms with van der Waals surface area (Å²) in [5, 5.41) is 7.53. The van der Waals surface area contributed by atoms with Crippen LogP contribution in [0.5, 0.6) is 0 Å². The van der Waals surface area contributed by atoms with Crippen molar-refractivity contribution in [1.82, 2.24) is 15.3 Å². The molecule has 0 aromatic carbocycles. The molecule has 0 bridgehead atoms. The minimum atomic E-state index is -0.152. The average Bonchev–Trinajstić information content (AvgIpc) is 3.16. The highest BCUT2D eigenvalue weighted by molar-refractivity contribution is 7.20. The van der Waals surface area contributed by atoms with E-state index in [9.17, 15) is 4.79 Å². The van der Waals surface area contributed by atoms with Gasteiger partial charge in [0.05, 0.1) is 4.88 Å². The predicted molar refractivity (Wildman–Crippen MR) is 80.8 cm³/mol. The van der Waals surface area contributed by atoms with Gasteiger partial charge in [-0.1, -0.05) is 6.07 Å². The van der Waals surface area contributed by atoms with Crippen LogP contribution in [-0.4, -0.2) is 15.9 Å². The smallest absolute Gasteiger partial charge is 0.271 e. The van der Waals surface area contributed by atoms with Gasteiger partial charge in [0.15, 0.2) is 0 Å². The number of nitrogens with one attached hydrogen (secondary N) is 1. The summed E-state index contributed by atoms with van der Waals surface area (Å²) in [5.74, 6) is -0.152. The van der Waals surface area contributed by atoms with Crippen LogP contribution >= 0.6 is 22.7 Å². The largest absolute Gasteiger partial charge is 0.347 e. The van der Waals surface area contributed by atoms with Crippen LogP contribution in [0.4, 0.5) is 0 Å². The summed E-state index contributed by atoms with van der Waals surface area (Å²) >= 11 is 3.11. The van der Waals surface area contributed by atoms with E-state index in [4.69, 9.17) is 0 Å². The highest BCUT2D eigenvalue weighted by atomic mass is 32.1. The molecule has 0 fully saturated rings. The number of amides is 1. The van der Waals surface area contributed by atoms with Crippen LogP contribution in [0.3, 0.4) is 0 Å². The van der Waals surface area contributed by atoms with Crippen molar-refractivity contribution in [3.8, 4) is 9.88 Å². The van der Waals surface area contributed by atoms with Crippen molar-refractivity contribution in [2.75, 3.05) is 0 Å². The molecule has 3 rings (SSSR count). The minimum Gasteiger partial charge on any atom is -0.347 e. The molecule has 0 aliphatic heterocycles. The Morgan fingerprint density at radius 2 is 2.05 bits per heavy atom. The first-order valence-corrected chi connectivity index (χ1v) is 7.75. The summed E-state index contributed by atoms with van der Waals surface area (Å²) < 4.78 is 0. The molecule has 3 aromatic heterocycles. The van der Waals surface area contributed by atoms with E-state index in [0.29, 0.717) is 12.2 Å². The van der Waals surface area contributed by atoms with E-state index in [1.54, 1.807) is 29.1 Å². The van der Waals surface area contributed by atoms with Crippen molar-refractivity contribution in [2.24, 2.45) is 0 Å². The van der Waals surface area contributed by atoms with Crippen LogP contribution in [-0.2, 0) is 6.54 Å². The first-order chi connectivity index (χ1) is 9.83. The number of carbonyl (C=O) groups is 1. The van der Waals surface area contributed by atoms with Crippen LogP contribution in [0, 0.1) is 0 Å². The first-order valence-electron chi connectivity index (χ1n) is 5.99. The van der Waals surface area contributed by atoms with Gasteiger partial charge in [0.1, 0.15) is 10.7 Å². The number of hydrogen-bond donors (Lipinski definition) is 1. The summed E-state index contributed by atoms with van der Waals surface area (Å²) in [7, 11) is 0. The van der Waals surface area contributed by atoms with Gasteiger partial charge in [-0.05, 0) is 29.1 Å². The van der Waals surface area contributed by atoms with Gasteiger partial charge in [-0.3, -0.25) is 9.78 Å². The third-order valence-corrected chi connectivity index (χ3v) is 4.55. The summed E-state index contributed by atoms with van der Waals surface area (Å²) in [6.45, 7) is 0.479. The Morgan fingerprint density at radius 3 is 2.80 bits per heavy atom. The quantitative estimate of drug-likeness (QED) is 0.805. The lowest BCUT2D eigenvalue weighted by Crippen LogP contribution is -2.23. The zero-order valence-electron chi connectivity index (χ0n) is 10.4. The molecule has 1 N–H and O–H groups in total. The molecule has 20 heavy (non-hydrogen) atoms. The highest BCUT2D eigenvalue weighted by Crippen LogP contribution is 2.27. The molecule has 0 saturated heterocycles. The molecule has 0 unspecified atom stereocenters. The molecule has 0 spiro atoms. The van der Waals surface area contributed by atoms with Crippen molar-refractivity contribution < 1.29 is 4.79 Å². The Morgan fingerprint density at radius 1 is 1.20 bits per heavy atom. The van der Waals surface area contributed by atoms with E-state index in [1.807, 2.05) is 29.6 Å². The first kappa shape index (κ1) is 13.0. The van der Waals surface area contributed by atoms with E-state index in [0.717, 1.165) is 15.4 Å². The van der Waals surface area contributed by atoms with Crippen LogP contribution in [0.15, 0.2) is 47.4 Å². The van der Waals surface area contributed by atoms with Gasteiger partial charge in [0, 0.05) is 24.3 Å². The van der Waals surface area contributed by atoms with Crippen molar-refractivity contribution in [2.45, 2.75) is 6.54 Å². The van der Waals surface area contributed by atoms with Gasteiger partial charge in [0.25, 0.3) is 5.91 Å². The molecule has 0 aliphatic carbocycles. The van der Waals surface area contributed by atoms with Crippen LogP contribution in [0.2, 0.25) is 0 Å². The standard InChI is InChI=1S/C14H11N3OS2/c18-13(16-8-10-3-5-15-6-4-10)11-9-20-14(17-11)12-2-1-7-19-12/h1-7,9H,8H2,(H,16,18). The van der Waals surface area contributed by atoms with Gasteiger partial charge in [0.2, 0.25) is 0 Å². The van der Waals surface area contributed by atoms with Gasteiger partial charge in [-0.25, -0.2) is 4.98 Å². The number of thiazole rings is 1. The van der Waals surface area contributed by atoms with E-state index in [-0.39, 0.29) is 5.91 Å². The maximum Gasteiger partial charge on any atom is 0.271 e. The highest BCUT2D eigenvalue weighted by Gasteiger charge is 2.11. The maximum atomic E-state index is 12.0. The lowest BCUT2D eigenvalue weighted by atomic mass is 10.2. The van der Waals surface area contributed by atoms with E-state index in [2.05, 4.69) is 15.3 Å². The normalized spacial score (nSPS) is 10.4. The molecule has 4 nitrogen and oxygen atoms in total. The van der Waals surface area contributed by atoms with Crippen molar-refractivity contribution in [3.05, 3.63) is 58.7 Å². The van der Waals surface area contributed by atoms with Gasteiger partial charge in [-0.2, -0.15) is 0 Å². The van der Waals surface area contributed by atoms with Crippen molar-refractivity contribution >= 4 is 28.6 Å². The maximum absolute atomic E-state index is 12.0. The monoisotopic (exact) mass is 301 g/mol. The Labute approximate surface area is 124 Å². The molecular weight excluding hydrogens is 290 g/mol. The van der Waals surface area contributed by atoms with Crippen molar-refractivity contribution in [1.29, 1.82) is 0 Å². The fourth-order valence-electron chi connectivity index (χ4n) is 1.66. The van der Waals surface area contributed by atoms with Gasteiger partial charge < -0.3 is 5.32 Å². The summed E-state index contributed by atoms with van der Waals surface area (Å²) in [5.41, 5.74) is 1.48. The Kier molecular flexibility index (Phi) is 3.85. The minimum absolute atomic E-state index is 0.152. The molecule has 0 saturated carbocycles. The Bertz CT molecular complexity index is 692. The topological polar surface area (TPSA) is 54.9 Å². The number of carbonyl (C=O) groups excluding carboxylic acids is 1. The van der Waals surface area contributed by atoms with Crippen LogP contribution in [0.1, 0.15) is 16.1 Å². The number of rotatable bonds is 4. The third-order valence-electron chi connectivity index (χ3n) is 2.67. The molecule has 1 amide bonds. The Hall–Kier alpha value is -2.05. The summed E-state index contributed by atoms with van der Waals surface area (Å²) in [6.07, 6.45) is 3.42. The van der Waals surface area contributed by atoms with Gasteiger partial charge >= 0.3 is 0 Å². The average molecular weight is 301 g/mol. The molecule has 100 valence electrons. The van der Waals surface area contributed by atoms with Crippen LogP contribution < -0.4 is 5.32 Å². The number of nitrogens with zero attached hydrogens (tertiary/aromatic N) is 2. The predicted octanol–water partition coefficient (Wildman–Crippen LogP) is 3.20. The molecule has 0 atom stereocenters. The number of thiophene rings is 1. The van der Waals surface area contributed by atoms with Crippen LogP contribution in [0.25, 0.3) is 9.88 Å². The molecule has 3 heterocycles. The van der Waals surface area contributed by atoms with E-state index in [1.165, 1.54) is 11.3 Å².